The summed E-state index contributed by atoms with van der Waals surface area (Å²) in [4.78, 5) is 12.5. The highest BCUT2D eigenvalue weighted by Gasteiger charge is 2.34. The number of azide groups is 1. The summed E-state index contributed by atoms with van der Waals surface area (Å²) in [6.07, 6.45) is -1.04. The molecule has 4 aromatic rings. The molecular formula is C20H13N5O. The first-order chi connectivity index (χ1) is 12.8. The van der Waals surface area contributed by atoms with E-state index in [9.17, 15) is 5.11 Å². The van der Waals surface area contributed by atoms with E-state index < -0.39 is 12.1 Å². The molecule has 0 bridgehead atoms. The summed E-state index contributed by atoms with van der Waals surface area (Å²) in [6.45, 7) is 0. The van der Waals surface area contributed by atoms with E-state index in [4.69, 9.17) is 15.5 Å². The van der Waals surface area contributed by atoms with Crippen LogP contribution in [-0.4, -0.2) is 15.1 Å². The fourth-order valence-electron chi connectivity index (χ4n) is 3.68. The Bertz CT molecular complexity index is 1230. The highest BCUT2D eigenvalue weighted by molar-refractivity contribution is 6.04. The molecule has 0 amide bonds. The molecule has 0 spiro atoms. The molecule has 0 radical (unpaired) electrons. The molecule has 124 valence electrons. The molecule has 1 heterocycles. The molecule has 6 heteroatoms. The van der Waals surface area contributed by atoms with Crippen molar-refractivity contribution in [1.29, 1.82) is 0 Å². The van der Waals surface area contributed by atoms with E-state index >= 15 is 0 Å². The van der Waals surface area contributed by atoms with Crippen molar-refractivity contribution in [3.8, 4) is 11.3 Å². The molecule has 26 heavy (non-hydrogen) atoms. The number of benzene rings is 3. The lowest BCUT2D eigenvalue weighted by molar-refractivity contribution is 0.141. The van der Waals surface area contributed by atoms with Crippen LogP contribution in [0.4, 0.5) is 0 Å². The second kappa shape index (κ2) is 5.52. The van der Waals surface area contributed by atoms with Crippen molar-refractivity contribution in [3.63, 3.8) is 0 Å². The van der Waals surface area contributed by atoms with Crippen molar-refractivity contribution < 1.29 is 5.11 Å². The Kier molecular flexibility index (Phi) is 3.15. The van der Waals surface area contributed by atoms with Gasteiger partial charge in [-0.15, -0.1) is 0 Å². The Morgan fingerprint density at radius 3 is 2.65 bits per heavy atom. The molecule has 1 N–H and O–H groups in total. The zero-order valence-corrected chi connectivity index (χ0v) is 13.6. The van der Waals surface area contributed by atoms with E-state index in [0.717, 1.165) is 32.9 Å². The molecule has 0 aliphatic heterocycles. The van der Waals surface area contributed by atoms with Gasteiger partial charge in [-0.25, -0.2) is 9.97 Å². The molecule has 0 fully saturated rings. The zero-order chi connectivity index (χ0) is 17.7. The maximum atomic E-state index is 10.9. The molecule has 2 atom stereocenters. The van der Waals surface area contributed by atoms with Crippen molar-refractivity contribution in [2.45, 2.75) is 12.1 Å². The second-order valence-electron chi connectivity index (χ2n) is 6.29. The third kappa shape index (κ3) is 2.00. The number of hydrogen-bond acceptors (Lipinski definition) is 4. The van der Waals surface area contributed by atoms with Crippen LogP contribution >= 0.6 is 0 Å². The fraction of sp³-hybridized carbons (Fsp3) is 0.100. The van der Waals surface area contributed by atoms with E-state index in [2.05, 4.69) is 10.0 Å². The van der Waals surface area contributed by atoms with Crippen LogP contribution < -0.4 is 0 Å². The molecule has 5 rings (SSSR count). The van der Waals surface area contributed by atoms with Crippen LogP contribution in [-0.2, 0) is 0 Å². The van der Waals surface area contributed by atoms with Gasteiger partial charge in [0.25, 0.3) is 0 Å². The molecule has 1 aliphatic carbocycles. The summed E-state index contributed by atoms with van der Waals surface area (Å²) in [5.74, 6) is 0. The molecule has 1 aromatic heterocycles. The second-order valence-corrected chi connectivity index (χ2v) is 6.29. The normalized spacial score (nSPS) is 18.2. The van der Waals surface area contributed by atoms with Gasteiger partial charge in [0.05, 0.1) is 28.5 Å². The van der Waals surface area contributed by atoms with Crippen LogP contribution in [0, 0.1) is 0 Å². The number of fused-ring (bicyclic) bond motifs is 6. The highest BCUT2D eigenvalue weighted by Crippen LogP contribution is 2.45. The lowest BCUT2D eigenvalue weighted by Gasteiger charge is -2.28. The standard InChI is InChI=1S/C20H13N5O/c21-25-24-18-14-8-4-3-7-13(14)17-19(20(18)26)23-16-12-6-2-1-5-11(12)9-10-15(16)22-17/h1-10,18,20,26H/t18-,20+/m0/s1. The van der Waals surface area contributed by atoms with E-state index in [0.29, 0.717) is 11.4 Å². The van der Waals surface area contributed by atoms with Crippen LogP contribution in [0.2, 0.25) is 0 Å². The van der Waals surface area contributed by atoms with Gasteiger partial charge in [-0.1, -0.05) is 59.7 Å². The highest BCUT2D eigenvalue weighted by atomic mass is 16.3. The number of aliphatic hydroxyl groups is 1. The minimum absolute atomic E-state index is 0.449. The SMILES string of the molecule is [N-]=[N+]=N[C@H]1c2ccccc2-c2nc3ccc4ccccc4c3nc2[C@@H]1O. The van der Waals surface area contributed by atoms with Crippen LogP contribution in [0.3, 0.4) is 0 Å². The molecular weight excluding hydrogens is 326 g/mol. The smallest absolute Gasteiger partial charge is 0.111 e. The molecule has 1 aliphatic rings. The van der Waals surface area contributed by atoms with Gasteiger partial charge in [-0.05, 0) is 22.5 Å². The molecule has 0 unspecified atom stereocenters. The van der Waals surface area contributed by atoms with Crippen molar-refractivity contribution >= 4 is 21.8 Å². The van der Waals surface area contributed by atoms with Gasteiger partial charge < -0.3 is 5.11 Å². The maximum Gasteiger partial charge on any atom is 0.111 e. The third-order valence-corrected chi connectivity index (χ3v) is 4.88. The van der Waals surface area contributed by atoms with Gasteiger partial charge >= 0.3 is 0 Å². The predicted molar refractivity (Wildman–Crippen MR) is 99.3 cm³/mol. The number of aliphatic hydroxyl groups excluding tert-OH is 1. The Morgan fingerprint density at radius 2 is 1.77 bits per heavy atom. The number of hydrogen-bond donors (Lipinski definition) is 1. The van der Waals surface area contributed by atoms with Crippen molar-refractivity contribution in [1.82, 2.24) is 9.97 Å². The molecule has 0 saturated heterocycles. The third-order valence-electron chi connectivity index (χ3n) is 4.88. The topological polar surface area (TPSA) is 94.8 Å². The summed E-state index contributed by atoms with van der Waals surface area (Å²) in [6, 6.07) is 18.7. The average molecular weight is 339 g/mol. The Balaban J connectivity index is 1.89. The largest absolute Gasteiger partial charge is 0.386 e. The Morgan fingerprint density at radius 1 is 0.962 bits per heavy atom. The lowest BCUT2D eigenvalue weighted by atomic mass is 9.86. The van der Waals surface area contributed by atoms with Crippen LogP contribution in [0.1, 0.15) is 23.4 Å². The Labute approximate surface area is 148 Å². The summed E-state index contributed by atoms with van der Waals surface area (Å²) >= 11 is 0. The molecule has 0 saturated carbocycles. The first-order valence-electron chi connectivity index (χ1n) is 8.29. The van der Waals surface area contributed by atoms with Gasteiger partial charge in [-0.2, -0.15) is 0 Å². The molecule has 6 nitrogen and oxygen atoms in total. The van der Waals surface area contributed by atoms with E-state index in [1.807, 2.05) is 60.7 Å². The first-order valence-corrected chi connectivity index (χ1v) is 8.29. The summed E-state index contributed by atoms with van der Waals surface area (Å²) in [5.41, 5.74) is 13.1. The Hall–Kier alpha value is -3.47. The number of nitrogens with zero attached hydrogens (tertiary/aromatic N) is 5. The van der Waals surface area contributed by atoms with Gasteiger partial charge in [0.15, 0.2) is 0 Å². The van der Waals surface area contributed by atoms with Gasteiger partial charge in [0.2, 0.25) is 0 Å². The number of aromatic nitrogens is 2. The summed E-state index contributed by atoms with van der Waals surface area (Å²) < 4.78 is 0. The van der Waals surface area contributed by atoms with Crippen LogP contribution in [0.25, 0.3) is 43.5 Å². The van der Waals surface area contributed by atoms with E-state index in [1.54, 1.807) is 0 Å². The fourth-order valence-corrected chi connectivity index (χ4v) is 3.68. The monoisotopic (exact) mass is 339 g/mol. The zero-order valence-electron chi connectivity index (χ0n) is 13.6. The minimum Gasteiger partial charge on any atom is -0.386 e. The minimum atomic E-state index is -1.04. The van der Waals surface area contributed by atoms with Gasteiger partial charge in [0.1, 0.15) is 6.10 Å². The summed E-state index contributed by atoms with van der Waals surface area (Å²) in [5, 5.41) is 16.7. The van der Waals surface area contributed by atoms with E-state index in [1.165, 1.54) is 0 Å². The van der Waals surface area contributed by atoms with Crippen LogP contribution in [0.5, 0.6) is 0 Å². The van der Waals surface area contributed by atoms with Crippen molar-refractivity contribution in [2.75, 3.05) is 0 Å². The van der Waals surface area contributed by atoms with Gasteiger partial charge in [0, 0.05) is 15.9 Å². The quantitative estimate of drug-likeness (QED) is 0.232. The molecule has 3 aromatic carbocycles. The number of rotatable bonds is 1. The van der Waals surface area contributed by atoms with Gasteiger partial charge in [-0.3, -0.25) is 0 Å². The van der Waals surface area contributed by atoms with Crippen molar-refractivity contribution in [2.24, 2.45) is 5.11 Å². The average Bonchev–Trinajstić information content (AvgIpc) is 2.70. The predicted octanol–water partition coefficient (Wildman–Crippen LogP) is 4.85. The van der Waals surface area contributed by atoms with Crippen LogP contribution in [0.15, 0.2) is 65.8 Å². The lowest BCUT2D eigenvalue weighted by Crippen LogP contribution is -2.18. The first kappa shape index (κ1) is 14.8. The summed E-state index contributed by atoms with van der Waals surface area (Å²) in [7, 11) is 0. The van der Waals surface area contributed by atoms with Crippen molar-refractivity contribution in [3.05, 3.63) is 82.4 Å². The van der Waals surface area contributed by atoms with E-state index in [-0.39, 0.29) is 0 Å². The maximum absolute atomic E-state index is 10.9.